The lowest BCUT2D eigenvalue weighted by Gasteiger charge is -2.39. The second kappa shape index (κ2) is 24.0. The first kappa shape index (κ1) is 57.3. The van der Waals surface area contributed by atoms with Gasteiger partial charge in [0.1, 0.15) is 30.0 Å². The number of nitrogens with zero attached hydrogens (tertiary/aromatic N) is 7. The number of carboxylic acids is 1. The number of benzene rings is 2. The standard InChI is InChI=1S/C49H65N7O17/c1-9-40(61)71-35(29-14-17-34(33(21-29)56(69)70)72-47-43(64)41(62)42(63)44(73-47)46(66)67)22-30-24-54(51-50-30)19-18-53(26-36(57)48(6,10-2)52(8)25-37(58)49(7,68)11-3)38(59)20-28-12-15-31(16-13-28)55-39(60)23-32(27(4)5)45(55)65/h12-17,21,24,27,32,35,41-44,47,62-64,68H,9-11,18-20,22-23,25-26H2,1-8H3,(H,66,67)/t32?,35?,41-,42-,43+,44-,47+,48?,49?/m0/s1. The van der Waals surface area contributed by atoms with E-state index in [1.807, 2.05) is 13.8 Å². The highest BCUT2D eigenvalue weighted by Gasteiger charge is 2.49. The van der Waals surface area contributed by atoms with Gasteiger partial charge in [0.25, 0.3) is 0 Å². The number of aliphatic carboxylic acids is 1. The van der Waals surface area contributed by atoms with Gasteiger partial charge in [-0.2, -0.15) is 0 Å². The normalized spacial score (nSPS) is 22.1. The predicted octanol–water partition coefficient (Wildman–Crippen LogP) is 1.70. The molecule has 2 fully saturated rings. The fourth-order valence-corrected chi connectivity index (χ4v) is 8.25. The Morgan fingerprint density at radius 2 is 1.63 bits per heavy atom. The largest absolute Gasteiger partial charge is 0.479 e. The van der Waals surface area contributed by atoms with Crippen LogP contribution < -0.4 is 9.64 Å². The first-order chi connectivity index (χ1) is 34.3. The van der Waals surface area contributed by atoms with E-state index < -0.39 is 106 Å². The van der Waals surface area contributed by atoms with Crippen LogP contribution in [0.2, 0.25) is 0 Å². The van der Waals surface area contributed by atoms with Crippen LogP contribution in [0.3, 0.4) is 0 Å². The molecule has 5 N–H and O–H groups in total. The average Bonchev–Trinajstić information content (AvgIpc) is 3.93. The van der Waals surface area contributed by atoms with E-state index in [9.17, 15) is 69.2 Å². The van der Waals surface area contributed by atoms with Crippen LogP contribution >= 0.6 is 0 Å². The van der Waals surface area contributed by atoms with E-state index >= 15 is 0 Å². The minimum atomic E-state index is -2.04. The van der Waals surface area contributed by atoms with Crippen molar-refractivity contribution >= 4 is 52.6 Å². The molecule has 1 aromatic heterocycles. The van der Waals surface area contributed by atoms with Crippen LogP contribution in [-0.2, 0) is 62.4 Å². The Morgan fingerprint density at radius 3 is 2.21 bits per heavy atom. The number of imide groups is 1. The number of Topliss-reactive ketones (excluding diaryl/α,β-unsaturated/α-hetero) is 2. The summed E-state index contributed by atoms with van der Waals surface area (Å²) in [6.07, 6.45) is -9.75. The molecule has 0 bridgehead atoms. The number of aromatic nitrogens is 3. The van der Waals surface area contributed by atoms with Gasteiger partial charge in [0.15, 0.2) is 23.4 Å². The van der Waals surface area contributed by atoms with Crippen molar-refractivity contribution in [3.8, 4) is 5.75 Å². The fourth-order valence-electron chi connectivity index (χ4n) is 8.25. The van der Waals surface area contributed by atoms with Crippen LogP contribution in [0.25, 0.3) is 0 Å². The smallest absolute Gasteiger partial charge is 0.335 e. The Morgan fingerprint density at radius 1 is 0.959 bits per heavy atom. The zero-order valence-corrected chi connectivity index (χ0v) is 42.1. The van der Waals surface area contributed by atoms with Crippen molar-refractivity contribution < 1.29 is 78.2 Å². The van der Waals surface area contributed by atoms with Crippen molar-refractivity contribution in [2.24, 2.45) is 11.8 Å². The summed E-state index contributed by atoms with van der Waals surface area (Å²) in [5, 5.41) is 71.4. The van der Waals surface area contributed by atoms with Gasteiger partial charge < -0.3 is 44.6 Å². The van der Waals surface area contributed by atoms with Crippen molar-refractivity contribution in [1.29, 1.82) is 0 Å². The lowest BCUT2D eigenvalue weighted by Crippen LogP contribution is -2.61. The highest BCUT2D eigenvalue weighted by Crippen LogP contribution is 2.36. The van der Waals surface area contributed by atoms with Gasteiger partial charge in [-0.15, -0.1) is 5.10 Å². The van der Waals surface area contributed by atoms with E-state index in [-0.39, 0.29) is 87.1 Å². The fraction of sp³-hybridized carbons (Fsp3) is 0.571. The van der Waals surface area contributed by atoms with Crippen LogP contribution in [0.15, 0.2) is 48.7 Å². The molecule has 3 aromatic rings. The van der Waals surface area contributed by atoms with Crippen LogP contribution in [0, 0.1) is 22.0 Å². The number of ether oxygens (including phenoxy) is 3. The highest BCUT2D eigenvalue weighted by molar-refractivity contribution is 6.21. The summed E-state index contributed by atoms with van der Waals surface area (Å²) < 4.78 is 17.6. The van der Waals surface area contributed by atoms with Crippen LogP contribution in [0.1, 0.15) is 97.1 Å². The Labute approximate surface area is 420 Å². The summed E-state index contributed by atoms with van der Waals surface area (Å²) in [6.45, 7) is 11.0. The lowest BCUT2D eigenvalue weighted by atomic mass is 9.89. The van der Waals surface area contributed by atoms with Crippen molar-refractivity contribution in [3.63, 3.8) is 0 Å². The van der Waals surface area contributed by atoms with Gasteiger partial charge in [-0.25, -0.2) is 4.79 Å². The summed E-state index contributed by atoms with van der Waals surface area (Å²) in [4.78, 5) is 107. The maximum Gasteiger partial charge on any atom is 0.335 e. The summed E-state index contributed by atoms with van der Waals surface area (Å²) in [5.74, 6) is -5.35. The van der Waals surface area contributed by atoms with Crippen LogP contribution in [0.4, 0.5) is 11.4 Å². The van der Waals surface area contributed by atoms with Crippen LogP contribution in [0.5, 0.6) is 5.75 Å². The summed E-state index contributed by atoms with van der Waals surface area (Å²) in [6, 6.07) is 9.82. The second-order valence-corrected chi connectivity index (χ2v) is 19.1. The third-order valence-corrected chi connectivity index (χ3v) is 13.8. The molecular weight excluding hydrogens is 959 g/mol. The number of esters is 1. The number of nitro benzene ring substituents is 1. The molecule has 9 atom stereocenters. The number of amides is 3. The number of hydrogen-bond acceptors (Lipinski definition) is 19. The number of anilines is 1. The quantitative estimate of drug-likeness (QED) is 0.0349. The van der Waals surface area contributed by atoms with Gasteiger partial charge in [0, 0.05) is 38.1 Å². The molecular formula is C49H65N7O17. The van der Waals surface area contributed by atoms with E-state index in [2.05, 4.69) is 10.3 Å². The molecule has 24 heteroatoms. The Balaban J connectivity index is 1.37. The molecule has 0 spiro atoms. The summed E-state index contributed by atoms with van der Waals surface area (Å²) in [5.41, 5.74) is -2.39. The number of likely N-dealkylation sites (N-methyl/N-ethyl adjacent to an activating group) is 1. The third kappa shape index (κ3) is 13.3. The van der Waals surface area contributed by atoms with Crippen LogP contribution in [-0.4, -0.2) is 165 Å². The average molecular weight is 1020 g/mol. The number of aliphatic hydroxyl groups excluding tert-OH is 3. The van der Waals surface area contributed by atoms with Gasteiger partial charge in [-0.05, 0) is 69.0 Å². The van der Waals surface area contributed by atoms with E-state index in [4.69, 9.17) is 14.2 Å². The van der Waals surface area contributed by atoms with Gasteiger partial charge in [-0.3, -0.25) is 53.4 Å². The highest BCUT2D eigenvalue weighted by atomic mass is 16.7. The Bertz CT molecular complexity index is 2530. The van der Waals surface area contributed by atoms with Gasteiger partial charge in [-0.1, -0.05) is 58.0 Å². The number of rotatable bonds is 25. The zero-order valence-electron chi connectivity index (χ0n) is 42.1. The van der Waals surface area contributed by atoms with Crippen molar-refractivity contribution in [2.75, 3.05) is 31.6 Å². The summed E-state index contributed by atoms with van der Waals surface area (Å²) >= 11 is 0. The molecule has 0 radical (unpaired) electrons. The molecule has 4 unspecified atom stereocenters. The molecule has 398 valence electrons. The Hall–Kier alpha value is -6.57. The molecule has 2 aromatic carbocycles. The zero-order chi connectivity index (χ0) is 54.3. The van der Waals surface area contributed by atoms with Gasteiger partial charge >= 0.3 is 17.6 Å². The molecule has 3 amide bonds. The van der Waals surface area contributed by atoms with Gasteiger partial charge in [0.2, 0.25) is 24.0 Å². The van der Waals surface area contributed by atoms with E-state index in [1.54, 1.807) is 57.0 Å². The van der Waals surface area contributed by atoms with Crippen molar-refractivity contribution in [3.05, 3.63) is 75.6 Å². The van der Waals surface area contributed by atoms with Gasteiger partial charge in [0.05, 0.1) is 53.8 Å². The van der Waals surface area contributed by atoms with Crippen molar-refractivity contribution in [2.45, 2.75) is 141 Å². The first-order valence-electron chi connectivity index (χ1n) is 24.0. The lowest BCUT2D eigenvalue weighted by molar-refractivity contribution is -0.387. The van der Waals surface area contributed by atoms with Crippen molar-refractivity contribution in [1.82, 2.24) is 24.8 Å². The molecule has 2 aliphatic heterocycles. The maximum absolute atomic E-state index is 14.3. The van der Waals surface area contributed by atoms with E-state index in [0.29, 0.717) is 11.3 Å². The number of ketones is 2. The minimum Gasteiger partial charge on any atom is -0.479 e. The molecule has 0 saturated carbocycles. The summed E-state index contributed by atoms with van der Waals surface area (Å²) in [7, 11) is 1.59. The number of aliphatic hydroxyl groups is 4. The van der Waals surface area contributed by atoms with E-state index in [1.165, 1.54) is 35.7 Å². The molecule has 73 heavy (non-hydrogen) atoms. The number of carbonyl (C=O) groups excluding carboxylic acids is 6. The Kier molecular flexibility index (Phi) is 18.8. The maximum atomic E-state index is 14.3. The monoisotopic (exact) mass is 1020 g/mol. The number of hydrogen-bond donors (Lipinski definition) is 5. The number of carboxylic acid groups (broad SMARTS) is 1. The molecule has 2 aliphatic rings. The number of nitro groups is 1. The molecule has 0 aliphatic carbocycles. The predicted molar refractivity (Wildman–Crippen MR) is 255 cm³/mol. The topological polar surface area (TPSA) is 332 Å². The van der Waals surface area contributed by atoms with E-state index in [0.717, 1.165) is 17.0 Å². The molecule has 3 heterocycles. The SMILES string of the molecule is CCC(=O)OC(Cc1cn(CCN(CC(=O)C(C)(CC)N(C)CC(=O)C(C)(O)CC)C(=O)Cc2ccc(N3C(=O)CC(C(C)C)C3=O)cc2)nn1)c1ccc(O[C@@H]2O[C@H](C(=O)O)[C@@H](O)[C@H](O)[C@H]2O)c([N+](=O)[O-])c1. The second-order valence-electron chi connectivity index (χ2n) is 19.1. The first-order valence-corrected chi connectivity index (χ1v) is 24.0. The molecule has 24 nitrogen and oxygen atoms in total. The molecule has 2 saturated heterocycles. The number of carbonyl (C=O) groups is 7. The molecule has 5 rings (SSSR count). The third-order valence-electron chi connectivity index (χ3n) is 13.8. The minimum absolute atomic E-state index is 0.0157.